The molecule has 1 amide bonds. The number of carbonyl (C=O) groups is 1. The zero-order valence-electron chi connectivity index (χ0n) is 13.0. The van der Waals surface area contributed by atoms with E-state index in [2.05, 4.69) is 10.6 Å². The van der Waals surface area contributed by atoms with Gasteiger partial charge in [0.15, 0.2) is 0 Å². The highest BCUT2D eigenvalue weighted by Crippen LogP contribution is 2.18. The van der Waals surface area contributed by atoms with Crippen LogP contribution in [0, 0.1) is 0 Å². The summed E-state index contributed by atoms with van der Waals surface area (Å²) in [5.74, 6) is 0.0598. The number of hydrogen-bond donors (Lipinski definition) is 4. The lowest BCUT2D eigenvalue weighted by molar-refractivity contribution is 0.0399. The molecule has 1 aromatic heterocycles. The molecule has 1 fully saturated rings. The van der Waals surface area contributed by atoms with Crippen molar-refractivity contribution in [3.8, 4) is 5.75 Å². The maximum Gasteiger partial charge on any atom is 0.261 e. The van der Waals surface area contributed by atoms with E-state index in [9.17, 15) is 15.0 Å². The first-order chi connectivity index (χ1) is 11.6. The van der Waals surface area contributed by atoms with Crippen LogP contribution < -0.4 is 10.6 Å². The van der Waals surface area contributed by atoms with E-state index in [1.54, 1.807) is 18.2 Å². The molecular formula is C17H20N2O4S. The predicted molar refractivity (Wildman–Crippen MR) is 91.1 cm³/mol. The van der Waals surface area contributed by atoms with E-state index < -0.39 is 12.2 Å². The fourth-order valence-electron chi connectivity index (χ4n) is 2.63. The number of amides is 1. The molecule has 1 aromatic carbocycles. The van der Waals surface area contributed by atoms with E-state index in [1.807, 2.05) is 23.6 Å². The number of phenolic OH excluding ortho intramolecular Hbond substituents is 1. The summed E-state index contributed by atoms with van der Waals surface area (Å²) >= 11 is 1.37. The van der Waals surface area contributed by atoms with E-state index in [-0.39, 0.29) is 24.2 Å². The highest BCUT2D eigenvalue weighted by Gasteiger charge is 2.35. The van der Waals surface area contributed by atoms with Gasteiger partial charge in [0.2, 0.25) is 0 Å². The first-order valence-corrected chi connectivity index (χ1v) is 8.64. The smallest absolute Gasteiger partial charge is 0.261 e. The summed E-state index contributed by atoms with van der Waals surface area (Å²) in [6, 6.07) is 10.4. The van der Waals surface area contributed by atoms with E-state index >= 15 is 0 Å². The third kappa shape index (κ3) is 3.93. The van der Waals surface area contributed by atoms with Crippen LogP contribution in [0.4, 0.5) is 0 Å². The third-order valence-electron chi connectivity index (χ3n) is 4.04. The van der Waals surface area contributed by atoms with Crippen molar-refractivity contribution in [1.82, 2.24) is 10.6 Å². The van der Waals surface area contributed by atoms with Gasteiger partial charge in [0.1, 0.15) is 11.9 Å². The number of rotatable bonds is 6. The Labute approximate surface area is 144 Å². The Hall–Kier alpha value is -1.93. The number of aliphatic hydroxyl groups is 1. The highest BCUT2D eigenvalue weighted by molar-refractivity contribution is 7.12. The van der Waals surface area contributed by atoms with Gasteiger partial charge in [-0.2, -0.15) is 0 Å². The second-order valence-electron chi connectivity index (χ2n) is 5.67. The second-order valence-corrected chi connectivity index (χ2v) is 6.61. The summed E-state index contributed by atoms with van der Waals surface area (Å²) in [4.78, 5) is 12.6. The molecule has 4 N–H and O–H groups in total. The van der Waals surface area contributed by atoms with Crippen LogP contribution in [-0.4, -0.2) is 47.5 Å². The molecule has 1 saturated heterocycles. The maximum atomic E-state index is 11.9. The van der Waals surface area contributed by atoms with Crippen LogP contribution in [0.5, 0.6) is 5.75 Å². The number of para-hydroxylation sites is 1. The fourth-order valence-corrected chi connectivity index (χ4v) is 3.27. The van der Waals surface area contributed by atoms with Crippen molar-refractivity contribution in [3.63, 3.8) is 0 Å². The molecule has 0 saturated carbocycles. The van der Waals surface area contributed by atoms with Gasteiger partial charge in [0.25, 0.3) is 5.91 Å². The van der Waals surface area contributed by atoms with Crippen LogP contribution in [0.25, 0.3) is 0 Å². The first kappa shape index (κ1) is 16.9. The lowest BCUT2D eigenvalue weighted by Crippen LogP contribution is -2.44. The van der Waals surface area contributed by atoms with Crippen LogP contribution in [0.3, 0.4) is 0 Å². The van der Waals surface area contributed by atoms with Crippen molar-refractivity contribution in [2.75, 3.05) is 13.2 Å². The van der Waals surface area contributed by atoms with Gasteiger partial charge in [0, 0.05) is 18.7 Å². The zero-order chi connectivity index (χ0) is 16.9. The van der Waals surface area contributed by atoms with Crippen molar-refractivity contribution < 1.29 is 19.7 Å². The second kappa shape index (κ2) is 7.76. The van der Waals surface area contributed by atoms with Crippen molar-refractivity contribution >= 4 is 17.2 Å². The number of aromatic hydroxyl groups is 1. The number of thiophene rings is 1. The third-order valence-corrected chi connectivity index (χ3v) is 4.91. The zero-order valence-corrected chi connectivity index (χ0v) is 13.8. The van der Waals surface area contributed by atoms with Crippen molar-refractivity contribution in [3.05, 3.63) is 52.2 Å². The Kier molecular flexibility index (Phi) is 5.47. The normalized spacial score (nSPS) is 23.3. The van der Waals surface area contributed by atoms with E-state index in [4.69, 9.17) is 4.74 Å². The number of ether oxygens (including phenoxy) is 1. The van der Waals surface area contributed by atoms with Gasteiger partial charge in [-0.1, -0.05) is 24.3 Å². The SMILES string of the molecule is O=C(NCC1OCC(NCc2ccccc2O)C1O)c1cccs1. The Bertz CT molecular complexity index is 677. The monoisotopic (exact) mass is 348 g/mol. The minimum absolute atomic E-state index is 0.161. The van der Waals surface area contributed by atoms with Gasteiger partial charge in [0.05, 0.1) is 23.6 Å². The maximum absolute atomic E-state index is 11.9. The fraction of sp³-hybridized carbons (Fsp3) is 0.353. The molecule has 3 atom stereocenters. The lowest BCUT2D eigenvalue weighted by atomic mass is 10.1. The van der Waals surface area contributed by atoms with Gasteiger partial charge in [-0.05, 0) is 17.5 Å². The molecule has 1 aliphatic rings. The molecule has 2 aromatic rings. The lowest BCUT2D eigenvalue weighted by Gasteiger charge is -2.19. The van der Waals surface area contributed by atoms with E-state index in [0.717, 1.165) is 5.56 Å². The Morgan fingerprint density at radius 3 is 2.88 bits per heavy atom. The molecule has 24 heavy (non-hydrogen) atoms. The minimum atomic E-state index is -0.723. The topological polar surface area (TPSA) is 90.8 Å². The molecule has 7 heteroatoms. The number of nitrogens with one attached hydrogen (secondary N) is 2. The average Bonchev–Trinajstić information content (AvgIpc) is 3.23. The Morgan fingerprint density at radius 2 is 2.12 bits per heavy atom. The van der Waals surface area contributed by atoms with Gasteiger partial charge >= 0.3 is 0 Å². The molecule has 1 aliphatic heterocycles. The first-order valence-electron chi connectivity index (χ1n) is 7.77. The van der Waals surface area contributed by atoms with Crippen molar-refractivity contribution in [2.24, 2.45) is 0 Å². The molecule has 0 spiro atoms. The predicted octanol–water partition coefficient (Wildman–Crippen LogP) is 1.10. The molecule has 2 heterocycles. The molecule has 0 bridgehead atoms. The number of benzene rings is 1. The molecule has 6 nitrogen and oxygen atoms in total. The number of phenols is 1. The Morgan fingerprint density at radius 1 is 1.29 bits per heavy atom. The molecule has 3 unspecified atom stereocenters. The van der Waals surface area contributed by atoms with Gasteiger partial charge in [-0.25, -0.2) is 0 Å². The van der Waals surface area contributed by atoms with Gasteiger partial charge in [-0.3, -0.25) is 4.79 Å². The van der Waals surface area contributed by atoms with Gasteiger partial charge in [-0.15, -0.1) is 11.3 Å². The summed E-state index contributed by atoms with van der Waals surface area (Å²) in [5.41, 5.74) is 0.763. The van der Waals surface area contributed by atoms with E-state index in [1.165, 1.54) is 11.3 Å². The largest absolute Gasteiger partial charge is 0.508 e. The van der Waals surface area contributed by atoms with Crippen LogP contribution in [0.15, 0.2) is 41.8 Å². The van der Waals surface area contributed by atoms with Crippen LogP contribution in [0.2, 0.25) is 0 Å². The number of carbonyl (C=O) groups excluding carboxylic acids is 1. The molecule has 0 aliphatic carbocycles. The van der Waals surface area contributed by atoms with E-state index in [0.29, 0.717) is 18.0 Å². The molecule has 0 radical (unpaired) electrons. The van der Waals surface area contributed by atoms with Crippen LogP contribution in [0.1, 0.15) is 15.2 Å². The summed E-state index contributed by atoms with van der Waals surface area (Å²) in [7, 11) is 0. The van der Waals surface area contributed by atoms with Crippen LogP contribution >= 0.6 is 11.3 Å². The highest BCUT2D eigenvalue weighted by atomic mass is 32.1. The van der Waals surface area contributed by atoms with Crippen molar-refractivity contribution in [2.45, 2.75) is 24.8 Å². The summed E-state index contributed by atoms with van der Waals surface area (Å²) in [5, 5.41) is 27.9. The average molecular weight is 348 g/mol. The Balaban J connectivity index is 1.47. The molecular weight excluding hydrogens is 328 g/mol. The number of hydrogen-bond acceptors (Lipinski definition) is 6. The number of aliphatic hydroxyl groups excluding tert-OH is 1. The van der Waals surface area contributed by atoms with Crippen LogP contribution in [-0.2, 0) is 11.3 Å². The summed E-state index contributed by atoms with van der Waals surface area (Å²) in [6.07, 6.45) is -1.17. The molecule has 128 valence electrons. The quantitative estimate of drug-likeness (QED) is 0.628. The minimum Gasteiger partial charge on any atom is -0.508 e. The molecule has 3 rings (SSSR count). The summed E-state index contributed by atoms with van der Waals surface area (Å²) < 4.78 is 5.58. The van der Waals surface area contributed by atoms with Crippen molar-refractivity contribution in [1.29, 1.82) is 0 Å². The van der Waals surface area contributed by atoms with Gasteiger partial charge < -0.3 is 25.6 Å². The standard InChI is InChI=1S/C17H20N2O4S/c20-13-5-2-1-4-11(13)8-18-12-10-23-14(16(12)21)9-19-17(22)15-6-3-7-24-15/h1-7,12,14,16,18,20-21H,8-10H2,(H,19,22). The summed E-state index contributed by atoms with van der Waals surface area (Å²) in [6.45, 7) is 1.05.